The van der Waals surface area contributed by atoms with E-state index in [-0.39, 0.29) is 0 Å². The van der Waals surface area contributed by atoms with Crippen molar-refractivity contribution < 1.29 is 5.11 Å². The lowest BCUT2D eigenvalue weighted by atomic mass is 10.0. The summed E-state index contributed by atoms with van der Waals surface area (Å²) in [6.07, 6.45) is 0.523. The molecule has 0 amide bonds. The van der Waals surface area contributed by atoms with Gasteiger partial charge >= 0.3 is 0 Å². The van der Waals surface area contributed by atoms with Crippen molar-refractivity contribution in [2.45, 2.75) is 26.4 Å². The number of hydrogen-bond acceptors (Lipinski definition) is 2. The number of benzene rings is 1. The Hall–Kier alpha value is -1.12. The van der Waals surface area contributed by atoms with E-state index in [1.165, 1.54) is 10.4 Å². The Morgan fingerprint density at radius 3 is 2.69 bits per heavy atom. The molecule has 1 aromatic carbocycles. The molecule has 16 heavy (non-hydrogen) atoms. The molecule has 0 saturated heterocycles. The molecule has 1 N–H and O–H groups in total. The topological polar surface area (TPSA) is 20.2 Å². The van der Waals surface area contributed by atoms with Gasteiger partial charge in [-0.05, 0) is 36.6 Å². The number of aryl methyl sites for hydroxylation is 2. The van der Waals surface area contributed by atoms with Crippen LogP contribution in [0.15, 0.2) is 36.4 Å². The molecule has 0 spiro atoms. The lowest BCUT2D eigenvalue weighted by molar-refractivity contribution is 0.224. The van der Waals surface area contributed by atoms with E-state index in [4.69, 9.17) is 0 Å². The van der Waals surface area contributed by atoms with Crippen LogP contribution < -0.4 is 0 Å². The van der Waals surface area contributed by atoms with Gasteiger partial charge in [-0.1, -0.05) is 31.2 Å². The van der Waals surface area contributed by atoms with Crippen LogP contribution in [0.4, 0.5) is 0 Å². The maximum Gasteiger partial charge on any atom is 0.113 e. The summed E-state index contributed by atoms with van der Waals surface area (Å²) < 4.78 is 0. The number of hydrogen-bond donors (Lipinski definition) is 1. The van der Waals surface area contributed by atoms with Crippen molar-refractivity contribution in [2.75, 3.05) is 0 Å². The molecule has 1 aromatic heterocycles. The normalized spacial score (nSPS) is 12.7. The first-order valence-corrected chi connectivity index (χ1v) is 6.35. The van der Waals surface area contributed by atoms with E-state index < -0.39 is 6.10 Å². The van der Waals surface area contributed by atoms with Crippen LogP contribution in [0.2, 0.25) is 0 Å². The molecule has 2 rings (SSSR count). The number of aliphatic hydroxyl groups is 1. The minimum absolute atomic E-state index is 0.481. The third-order valence-electron chi connectivity index (χ3n) is 2.71. The highest BCUT2D eigenvalue weighted by molar-refractivity contribution is 7.12. The van der Waals surface area contributed by atoms with E-state index >= 15 is 0 Å². The molecule has 1 atom stereocenters. The van der Waals surface area contributed by atoms with Crippen LogP contribution in [0.25, 0.3) is 0 Å². The largest absolute Gasteiger partial charge is 0.383 e. The zero-order chi connectivity index (χ0) is 11.5. The minimum Gasteiger partial charge on any atom is -0.383 e. The van der Waals surface area contributed by atoms with Crippen molar-refractivity contribution in [3.05, 3.63) is 57.3 Å². The van der Waals surface area contributed by atoms with Crippen molar-refractivity contribution in [1.29, 1.82) is 0 Å². The Bertz CT molecular complexity index is 473. The van der Waals surface area contributed by atoms with Gasteiger partial charge in [0.05, 0.1) is 0 Å². The second-order valence-electron chi connectivity index (χ2n) is 3.95. The summed E-state index contributed by atoms with van der Waals surface area (Å²) in [7, 11) is 0. The molecular weight excluding hydrogens is 216 g/mol. The highest BCUT2D eigenvalue weighted by Crippen LogP contribution is 2.28. The summed E-state index contributed by atoms with van der Waals surface area (Å²) in [5.41, 5.74) is 2.26. The fourth-order valence-corrected chi connectivity index (χ4v) is 2.64. The predicted octanol–water partition coefficient (Wildman–Crippen LogP) is 3.70. The first-order chi connectivity index (χ1) is 7.70. The quantitative estimate of drug-likeness (QED) is 0.855. The molecule has 2 aromatic rings. The first-order valence-electron chi connectivity index (χ1n) is 5.54. The molecule has 0 saturated carbocycles. The molecule has 0 aliphatic heterocycles. The maximum absolute atomic E-state index is 10.2. The fraction of sp³-hybridized carbons (Fsp3) is 0.286. The van der Waals surface area contributed by atoms with E-state index in [9.17, 15) is 5.11 Å². The van der Waals surface area contributed by atoms with Crippen molar-refractivity contribution in [3.8, 4) is 0 Å². The van der Waals surface area contributed by atoms with Crippen molar-refractivity contribution >= 4 is 11.3 Å². The summed E-state index contributed by atoms with van der Waals surface area (Å²) in [6, 6.07) is 12.2. The van der Waals surface area contributed by atoms with Gasteiger partial charge in [0, 0.05) is 9.75 Å². The van der Waals surface area contributed by atoms with Gasteiger partial charge < -0.3 is 5.11 Å². The fourth-order valence-electron chi connectivity index (χ4n) is 1.75. The van der Waals surface area contributed by atoms with Crippen molar-refractivity contribution in [1.82, 2.24) is 0 Å². The number of aliphatic hydroxyl groups excluding tert-OH is 1. The van der Waals surface area contributed by atoms with Gasteiger partial charge in [0.25, 0.3) is 0 Å². The van der Waals surface area contributed by atoms with Gasteiger partial charge in [0.2, 0.25) is 0 Å². The highest BCUT2D eigenvalue weighted by Gasteiger charge is 2.12. The summed E-state index contributed by atoms with van der Waals surface area (Å²) in [5.74, 6) is 0. The molecular formula is C14H16OS. The van der Waals surface area contributed by atoms with E-state index in [1.807, 2.05) is 24.3 Å². The molecule has 84 valence electrons. The first kappa shape index (κ1) is 11.4. The molecule has 2 heteroatoms. The molecule has 0 aliphatic rings. The van der Waals surface area contributed by atoms with Crippen LogP contribution >= 0.6 is 11.3 Å². The van der Waals surface area contributed by atoms with Crippen molar-refractivity contribution in [2.24, 2.45) is 0 Å². The van der Waals surface area contributed by atoms with Gasteiger partial charge in [-0.3, -0.25) is 0 Å². The SMILES string of the molecule is CCc1cccc(C(O)c2ccc(C)s2)c1. The molecule has 1 heterocycles. The monoisotopic (exact) mass is 232 g/mol. The van der Waals surface area contributed by atoms with E-state index in [0.29, 0.717) is 0 Å². The molecule has 0 fully saturated rings. The minimum atomic E-state index is -0.481. The standard InChI is InChI=1S/C14H16OS/c1-3-11-5-4-6-12(9-11)14(15)13-8-7-10(2)16-13/h4-9,14-15H,3H2,1-2H3. The maximum atomic E-state index is 10.2. The summed E-state index contributed by atoms with van der Waals surface area (Å²) in [6.45, 7) is 4.18. The van der Waals surface area contributed by atoms with Gasteiger partial charge in [0.15, 0.2) is 0 Å². The second kappa shape index (κ2) is 4.81. The van der Waals surface area contributed by atoms with Crippen LogP contribution in [-0.2, 0) is 6.42 Å². The molecule has 0 radical (unpaired) electrons. The predicted molar refractivity (Wildman–Crippen MR) is 68.9 cm³/mol. The zero-order valence-corrected chi connectivity index (χ0v) is 10.4. The van der Waals surface area contributed by atoms with Crippen LogP contribution in [0.1, 0.15) is 33.9 Å². The zero-order valence-electron chi connectivity index (χ0n) is 9.60. The van der Waals surface area contributed by atoms with Gasteiger partial charge in [0.1, 0.15) is 6.10 Å². The van der Waals surface area contributed by atoms with Gasteiger partial charge in [-0.25, -0.2) is 0 Å². The Morgan fingerprint density at radius 2 is 2.06 bits per heavy atom. The highest BCUT2D eigenvalue weighted by atomic mass is 32.1. The number of rotatable bonds is 3. The van der Waals surface area contributed by atoms with Gasteiger partial charge in [-0.15, -0.1) is 11.3 Å². The summed E-state index contributed by atoms with van der Waals surface area (Å²) >= 11 is 1.65. The van der Waals surface area contributed by atoms with E-state index in [1.54, 1.807) is 11.3 Å². The van der Waals surface area contributed by atoms with Crippen LogP contribution in [-0.4, -0.2) is 5.11 Å². The number of thiophene rings is 1. The Kier molecular flexibility index (Phi) is 3.42. The molecule has 0 aliphatic carbocycles. The lowest BCUT2D eigenvalue weighted by Crippen LogP contribution is -1.97. The Balaban J connectivity index is 2.29. The summed E-state index contributed by atoms with van der Waals surface area (Å²) in [5, 5.41) is 10.2. The van der Waals surface area contributed by atoms with Crippen molar-refractivity contribution in [3.63, 3.8) is 0 Å². The average Bonchev–Trinajstić information content (AvgIpc) is 2.75. The van der Waals surface area contributed by atoms with E-state index in [2.05, 4.69) is 26.0 Å². The van der Waals surface area contributed by atoms with E-state index in [0.717, 1.165) is 16.9 Å². The second-order valence-corrected chi connectivity index (χ2v) is 5.27. The average molecular weight is 232 g/mol. The molecule has 0 bridgehead atoms. The Morgan fingerprint density at radius 1 is 1.25 bits per heavy atom. The summed E-state index contributed by atoms with van der Waals surface area (Å²) in [4.78, 5) is 2.26. The van der Waals surface area contributed by atoms with Crippen LogP contribution in [0.5, 0.6) is 0 Å². The smallest absolute Gasteiger partial charge is 0.113 e. The molecule has 1 unspecified atom stereocenters. The van der Waals surface area contributed by atoms with Crippen LogP contribution in [0, 0.1) is 6.92 Å². The third kappa shape index (κ3) is 2.34. The lowest BCUT2D eigenvalue weighted by Gasteiger charge is -2.10. The Labute approximate surface area is 100 Å². The van der Waals surface area contributed by atoms with Crippen LogP contribution in [0.3, 0.4) is 0 Å². The third-order valence-corrected chi connectivity index (χ3v) is 3.76. The molecule has 1 nitrogen and oxygen atoms in total. The van der Waals surface area contributed by atoms with Gasteiger partial charge in [-0.2, -0.15) is 0 Å².